The molecule has 1 saturated carbocycles. The minimum absolute atomic E-state index is 0.0625. The van der Waals surface area contributed by atoms with Gasteiger partial charge in [0.05, 0.1) is 0 Å². The van der Waals surface area contributed by atoms with Gasteiger partial charge in [-0.2, -0.15) is 0 Å². The first kappa shape index (κ1) is 9.01. The SMILES string of the molecule is CC(CN)C1(N)CCCCC1. The zero-order valence-corrected chi connectivity index (χ0v) is 7.47. The summed E-state index contributed by atoms with van der Waals surface area (Å²) in [6, 6.07) is 0. The van der Waals surface area contributed by atoms with Gasteiger partial charge in [-0.05, 0) is 25.3 Å². The minimum atomic E-state index is 0.0625. The van der Waals surface area contributed by atoms with E-state index >= 15 is 0 Å². The van der Waals surface area contributed by atoms with Gasteiger partial charge in [0.2, 0.25) is 0 Å². The van der Waals surface area contributed by atoms with Crippen LogP contribution >= 0.6 is 0 Å². The normalized spacial score (nSPS) is 26.5. The van der Waals surface area contributed by atoms with Crippen LogP contribution in [0.25, 0.3) is 0 Å². The average Bonchev–Trinajstić information content (AvgIpc) is 2.04. The standard InChI is InChI=1S/C9H20N2/c1-8(7-10)9(11)5-3-2-4-6-9/h8H,2-7,10-11H2,1H3. The molecule has 1 aliphatic carbocycles. The molecule has 0 aliphatic heterocycles. The number of nitrogens with two attached hydrogens (primary N) is 2. The summed E-state index contributed by atoms with van der Waals surface area (Å²) >= 11 is 0. The Hall–Kier alpha value is -0.0800. The molecule has 0 aromatic carbocycles. The van der Waals surface area contributed by atoms with Gasteiger partial charge in [-0.1, -0.05) is 26.2 Å². The molecule has 0 bridgehead atoms. The lowest BCUT2D eigenvalue weighted by molar-refractivity contribution is 0.213. The predicted molar refractivity (Wildman–Crippen MR) is 48.2 cm³/mol. The van der Waals surface area contributed by atoms with Crippen LogP contribution in [0.4, 0.5) is 0 Å². The second-order valence-corrected chi connectivity index (χ2v) is 3.93. The number of hydrogen-bond donors (Lipinski definition) is 2. The van der Waals surface area contributed by atoms with Gasteiger partial charge in [0, 0.05) is 5.54 Å². The van der Waals surface area contributed by atoms with Crippen LogP contribution in [0.2, 0.25) is 0 Å². The molecule has 1 atom stereocenters. The number of hydrogen-bond acceptors (Lipinski definition) is 2. The largest absolute Gasteiger partial charge is 0.330 e. The van der Waals surface area contributed by atoms with E-state index in [9.17, 15) is 0 Å². The summed E-state index contributed by atoms with van der Waals surface area (Å²) in [5.74, 6) is 0.489. The summed E-state index contributed by atoms with van der Waals surface area (Å²) in [5, 5.41) is 0. The van der Waals surface area contributed by atoms with Crippen LogP contribution in [0.15, 0.2) is 0 Å². The van der Waals surface area contributed by atoms with E-state index in [1.165, 1.54) is 32.1 Å². The Morgan fingerprint density at radius 1 is 1.27 bits per heavy atom. The molecular weight excluding hydrogens is 136 g/mol. The van der Waals surface area contributed by atoms with E-state index in [0.29, 0.717) is 5.92 Å². The van der Waals surface area contributed by atoms with Gasteiger partial charge in [0.15, 0.2) is 0 Å². The predicted octanol–water partition coefficient (Wildman–Crippen LogP) is 1.24. The average molecular weight is 156 g/mol. The van der Waals surface area contributed by atoms with Crippen LogP contribution < -0.4 is 11.5 Å². The van der Waals surface area contributed by atoms with Crippen molar-refractivity contribution in [2.75, 3.05) is 6.54 Å². The van der Waals surface area contributed by atoms with E-state index in [1.54, 1.807) is 0 Å². The monoisotopic (exact) mass is 156 g/mol. The zero-order valence-electron chi connectivity index (χ0n) is 7.47. The van der Waals surface area contributed by atoms with Gasteiger partial charge < -0.3 is 11.5 Å². The third-order valence-electron chi connectivity index (χ3n) is 3.12. The summed E-state index contributed by atoms with van der Waals surface area (Å²) in [5.41, 5.74) is 11.9. The molecular formula is C9H20N2. The van der Waals surface area contributed by atoms with Crippen molar-refractivity contribution in [2.24, 2.45) is 17.4 Å². The Morgan fingerprint density at radius 3 is 2.27 bits per heavy atom. The molecule has 0 amide bonds. The highest BCUT2D eigenvalue weighted by atomic mass is 14.8. The third-order valence-corrected chi connectivity index (χ3v) is 3.12. The fourth-order valence-electron chi connectivity index (χ4n) is 1.94. The molecule has 4 N–H and O–H groups in total. The first-order valence-electron chi connectivity index (χ1n) is 4.68. The molecule has 66 valence electrons. The lowest BCUT2D eigenvalue weighted by Gasteiger charge is -2.38. The zero-order chi connectivity index (χ0) is 8.32. The van der Waals surface area contributed by atoms with Gasteiger partial charge in [-0.3, -0.25) is 0 Å². The van der Waals surface area contributed by atoms with Gasteiger partial charge in [-0.15, -0.1) is 0 Å². The first-order chi connectivity index (χ1) is 5.19. The molecule has 11 heavy (non-hydrogen) atoms. The molecule has 0 heterocycles. The van der Waals surface area contributed by atoms with Crippen molar-refractivity contribution in [3.63, 3.8) is 0 Å². The smallest absolute Gasteiger partial charge is 0.0192 e. The van der Waals surface area contributed by atoms with Crippen molar-refractivity contribution in [1.29, 1.82) is 0 Å². The fourth-order valence-corrected chi connectivity index (χ4v) is 1.94. The maximum atomic E-state index is 6.23. The quantitative estimate of drug-likeness (QED) is 0.632. The van der Waals surface area contributed by atoms with Crippen molar-refractivity contribution >= 4 is 0 Å². The summed E-state index contributed by atoms with van der Waals surface area (Å²) in [6.45, 7) is 2.90. The molecule has 1 fully saturated rings. The molecule has 1 rings (SSSR count). The Morgan fingerprint density at radius 2 is 1.82 bits per heavy atom. The van der Waals surface area contributed by atoms with Gasteiger partial charge >= 0.3 is 0 Å². The van der Waals surface area contributed by atoms with Gasteiger partial charge in [-0.25, -0.2) is 0 Å². The lowest BCUT2D eigenvalue weighted by Crippen LogP contribution is -2.50. The molecule has 0 saturated heterocycles. The van der Waals surface area contributed by atoms with Crippen molar-refractivity contribution in [3.8, 4) is 0 Å². The Balaban J connectivity index is 2.49. The lowest BCUT2D eigenvalue weighted by atomic mass is 9.74. The van der Waals surface area contributed by atoms with E-state index in [2.05, 4.69) is 6.92 Å². The van der Waals surface area contributed by atoms with Crippen molar-refractivity contribution in [3.05, 3.63) is 0 Å². The summed E-state index contributed by atoms with van der Waals surface area (Å²) in [7, 11) is 0. The molecule has 0 aromatic heterocycles. The van der Waals surface area contributed by atoms with E-state index in [4.69, 9.17) is 11.5 Å². The Labute approximate surface area is 69.3 Å². The molecule has 1 aliphatic rings. The topological polar surface area (TPSA) is 52.0 Å². The fraction of sp³-hybridized carbons (Fsp3) is 1.00. The van der Waals surface area contributed by atoms with Crippen LogP contribution in [0.1, 0.15) is 39.0 Å². The maximum absolute atomic E-state index is 6.23. The van der Waals surface area contributed by atoms with E-state index in [-0.39, 0.29) is 5.54 Å². The van der Waals surface area contributed by atoms with Crippen LogP contribution in [-0.2, 0) is 0 Å². The molecule has 1 unspecified atom stereocenters. The highest BCUT2D eigenvalue weighted by Crippen LogP contribution is 2.31. The highest BCUT2D eigenvalue weighted by molar-refractivity contribution is 4.91. The summed E-state index contributed by atoms with van der Waals surface area (Å²) < 4.78 is 0. The molecule has 0 aromatic rings. The van der Waals surface area contributed by atoms with Crippen LogP contribution in [0, 0.1) is 5.92 Å². The molecule has 0 radical (unpaired) electrons. The van der Waals surface area contributed by atoms with E-state index in [0.717, 1.165) is 6.54 Å². The van der Waals surface area contributed by atoms with Crippen LogP contribution in [-0.4, -0.2) is 12.1 Å². The van der Waals surface area contributed by atoms with E-state index in [1.807, 2.05) is 0 Å². The van der Waals surface area contributed by atoms with Crippen molar-refractivity contribution in [2.45, 2.75) is 44.6 Å². The number of rotatable bonds is 2. The van der Waals surface area contributed by atoms with Crippen LogP contribution in [0.3, 0.4) is 0 Å². The summed E-state index contributed by atoms with van der Waals surface area (Å²) in [6.07, 6.45) is 6.29. The molecule has 2 nitrogen and oxygen atoms in total. The second kappa shape index (κ2) is 3.55. The maximum Gasteiger partial charge on any atom is 0.0192 e. The minimum Gasteiger partial charge on any atom is -0.330 e. The first-order valence-corrected chi connectivity index (χ1v) is 4.68. The molecule has 2 heteroatoms. The van der Waals surface area contributed by atoms with Gasteiger partial charge in [0.25, 0.3) is 0 Å². The third kappa shape index (κ3) is 1.94. The summed E-state index contributed by atoms with van der Waals surface area (Å²) in [4.78, 5) is 0. The van der Waals surface area contributed by atoms with Crippen molar-refractivity contribution < 1.29 is 0 Å². The highest BCUT2D eigenvalue weighted by Gasteiger charge is 2.31. The Kier molecular flexibility index (Phi) is 2.90. The molecule has 0 spiro atoms. The van der Waals surface area contributed by atoms with E-state index < -0.39 is 0 Å². The van der Waals surface area contributed by atoms with Crippen LogP contribution in [0.5, 0.6) is 0 Å². The van der Waals surface area contributed by atoms with Crippen molar-refractivity contribution in [1.82, 2.24) is 0 Å². The second-order valence-electron chi connectivity index (χ2n) is 3.93. The Bertz CT molecular complexity index is 117. The van der Waals surface area contributed by atoms with Gasteiger partial charge in [0.1, 0.15) is 0 Å².